The van der Waals surface area contributed by atoms with Gasteiger partial charge in [-0.15, -0.1) is 0 Å². The Kier molecular flexibility index (Phi) is 3.94. The number of anilines is 2. The normalized spacial score (nSPS) is 25.4. The smallest absolute Gasteiger partial charge is 0.224 e. The van der Waals surface area contributed by atoms with Gasteiger partial charge in [0.05, 0.1) is 12.2 Å². The summed E-state index contributed by atoms with van der Waals surface area (Å²) in [6.07, 6.45) is 3.56. The highest BCUT2D eigenvalue weighted by Gasteiger charge is 2.47. The number of aromatic nitrogens is 1. The van der Waals surface area contributed by atoms with E-state index in [-0.39, 0.29) is 29.7 Å². The zero-order valence-electron chi connectivity index (χ0n) is 14.4. The van der Waals surface area contributed by atoms with Gasteiger partial charge in [0.15, 0.2) is 0 Å². The Bertz CT molecular complexity index is 788. The molecule has 130 valence electrons. The van der Waals surface area contributed by atoms with Crippen LogP contribution in [0.15, 0.2) is 42.6 Å². The molecule has 0 spiro atoms. The molecule has 1 fully saturated rings. The van der Waals surface area contributed by atoms with Crippen molar-refractivity contribution in [1.29, 1.82) is 0 Å². The minimum absolute atomic E-state index is 0.0374. The van der Waals surface area contributed by atoms with Gasteiger partial charge in [0.2, 0.25) is 5.91 Å². The summed E-state index contributed by atoms with van der Waals surface area (Å²) in [5.41, 5.74) is 2.07. The van der Waals surface area contributed by atoms with Crippen molar-refractivity contribution in [1.82, 2.24) is 4.98 Å². The molecule has 1 amide bonds. The highest BCUT2D eigenvalue weighted by molar-refractivity contribution is 5.94. The van der Waals surface area contributed by atoms with Gasteiger partial charge in [0.25, 0.3) is 0 Å². The van der Waals surface area contributed by atoms with Crippen molar-refractivity contribution in [3.8, 4) is 0 Å². The van der Waals surface area contributed by atoms with Gasteiger partial charge in [0.1, 0.15) is 11.6 Å². The third-order valence-electron chi connectivity index (χ3n) is 5.37. The van der Waals surface area contributed by atoms with E-state index < -0.39 is 0 Å². The summed E-state index contributed by atoms with van der Waals surface area (Å²) in [5.74, 6) is 1.19. The van der Waals surface area contributed by atoms with Crippen molar-refractivity contribution >= 4 is 17.4 Å². The molecule has 1 N–H and O–H groups in total. The summed E-state index contributed by atoms with van der Waals surface area (Å²) in [6, 6.07) is 11.3. The summed E-state index contributed by atoms with van der Waals surface area (Å²) in [4.78, 5) is 18.5. The van der Waals surface area contributed by atoms with Crippen LogP contribution in [0.1, 0.15) is 38.3 Å². The summed E-state index contributed by atoms with van der Waals surface area (Å²) in [6.45, 7) is 3.84. The summed E-state index contributed by atoms with van der Waals surface area (Å²) >= 11 is 0. The fourth-order valence-corrected chi connectivity index (χ4v) is 4.13. The number of carbonyl (C=O) groups is 1. The molecule has 0 bridgehead atoms. The predicted octanol–water partition coefficient (Wildman–Crippen LogP) is 4.16. The first-order valence-electron chi connectivity index (χ1n) is 8.83. The van der Waals surface area contributed by atoms with E-state index in [4.69, 9.17) is 0 Å². The van der Waals surface area contributed by atoms with Crippen molar-refractivity contribution < 1.29 is 9.18 Å². The van der Waals surface area contributed by atoms with E-state index in [2.05, 4.69) is 23.3 Å². The Labute approximate surface area is 147 Å². The van der Waals surface area contributed by atoms with Crippen LogP contribution in [0.4, 0.5) is 15.9 Å². The van der Waals surface area contributed by atoms with E-state index in [1.165, 1.54) is 25.1 Å². The van der Waals surface area contributed by atoms with Gasteiger partial charge < -0.3 is 10.2 Å². The number of hydrogen-bond acceptors (Lipinski definition) is 3. The lowest BCUT2D eigenvalue weighted by atomic mass is 9.80. The average molecular weight is 339 g/mol. The topological polar surface area (TPSA) is 45.2 Å². The molecule has 2 aromatic rings. The van der Waals surface area contributed by atoms with Crippen molar-refractivity contribution in [2.75, 3.05) is 10.2 Å². The van der Waals surface area contributed by atoms with Crippen LogP contribution in [0.5, 0.6) is 0 Å². The van der Waals surface area contributed by atoms with Gasteiger partial charge >= 0.3 is 0 Å². The third-order valence-corrected chi connectivity index (χ3v) is 5.37. The lowest BCUT2D eigenvalue weighted by molar-refractivity contribution is -0.117. The maximum Gasteiger partial charge on any atom is 0.224 e. The second-order valence-electron chi connectivity index (χ2n) is 7.12. The fraction of sp³-hybridized carbons (Fsp3) is 0.400. The lowest BCUT2D eigenvalue weighted by Gasteiger charge is -2.45. The maximum absolute atomic E-state index is 13.2. The first-order valence-corrected chi connectivity index (χ1v) is 8.83. The molecule has 25 heavy (non-hydrogen) atoms. The molecule has 4 rings (SSSR count). The molecule has 4 nitrogen and oxygen atoms in total. The highest BCUT2D eigenvalue weighted by atomic mass is 19.1. The third kappa shape index (κ3) is 2.88. The molecule has 1 unspecified atom stereocenters. The number of nitrogens with zero attached hydrogens (tertiary/aromatic N) is 2. The SMILES string of the molecule is CC(=O)N1c2ccccc2C(Nc2ccc(F)cn2)[C@@H](C)[C@@H]1C1CC1. The molecular formula is C20H22FN3O. The van der Waals surface area contributed by atoms with Crippen LogP contribution in [0.3, 0.4) is 0 Å². The number of fused-ring (bicyclic) bond motifs is 1. The quantitative estimate of drug-likeness (QED) is 0.913. The minimum Gasteiger partial charge on any atom is -0.363 e. The van der Waals surface area contributed by atoms with E-state index in [9.17, 15) is 9.18 Å². The number of para-hydroxylation sites is 1. The molecule has 1 aliphatic heterocycles. The van der Waals surface area contributed by atoms with Gasteiger partial charge in [-0.1, -0.05) is 25.1 Å². The Hall–Kier alpha value is -2.43. The molecule has 1 aromatic carbocycles. The van der Waals surface area contributed by atoms with Crippen LogP contribution >= 0.6 is 0 Å². The number of carbonyl (C=O) groups excluding carboxylic acids is 1. The Morgan fingerprint density at radius 2 is 2.00 bits per heavy atom. The van der Waals surface area contributed by atoms with Gasteiger partial charge in [-0.3, -0.25) is 4.79 Å². The Balaban J connectivity index is 1.76. The maximum atomic E-state index is 13.2. The van der Waals surface area contributed by atoms with Crippen LogP contribution in [0, 0.1) is 17.7 Å². The zero-order valence-corrected chi connectivity index (χ0v) is 14.4. The van der Waals surface area contributed by atoms with Gasteiger partial charge in [0, 0.05) is 24.6 Å². The number of pyridine rings is 1. The zero-order chi connectivity index (χ0) is 17.6. The van der Waals surface area contributed by atoms with Crippen LogP contribution in [0.2, 0.25) is 0 Å². The molecule has 3 atom stereocenters. The molecule has 0 saturated heterocycles. The van der Waals surface area contributed by atoms with E-state index in [1.807, 2.05) is 23.1 Å². The number of rotatable bonds is 3. The minimum atomic E-state index is -0.346. The second-order valence-corrected chi connectivity index (χ2v) is 7.12. The van der Waals surface area contributed by atoms with Gasteiger partial charge in [-0.05, 0) is 42.5 Å². The molecule has 1 aliphatic carbocycles. The van der Waals surface area contributed by atoms with Crippen molar-refractivity contribution in [3.63, 3.8) is 0 Å². The van der Waals surface area contributed by atoms with Gasteiger partial charge in [-0.25, -0.2) is 9.37 Å². The number of benzene rings is 1. The molecule has 5 heteroatoms. The molecule has 2 heterocycles. The molecule has 1 aromatic heterocycles. The number of hydrogen-bond donors (Lipinski definition) is 1. The van der Waals surface area contributed by atoms with E-state index in [1.54, 1.807) is 13.0 Å². The van der Waals surface area contributed by atoms with E-state index >= 15 is 0 Å². The molecular weight excluding hydrogens is 317 g/mol. The van der Waals surface area contributed by atoms with Crippen LogP contribution in [-0.4, -0.2) is 16.9 Å². The average Bonchev–Trinajstić information content (AvgIpc) is 3.43. The number of amides is 1. The Morgan fingerprint density at radius 1 is 1.24 bits per heavy atom. The Morgan fingerprint density at radius 3 is 2.64 bits per heavy atom. The second kappa shape index (κ2) is 6.14. The van der Waals surface area contributed by atoms with E-state index in [0.29, 0.717) is 11.7 Å². The lowest BCUT2D eigenvalue weighted by Crippen LogP contribution is -2.51. The van der Waals surface area contributed by atoms with Crippen LogP contribution < -0.4 is 10.2 Å². The largest absolute Gasteiger partial charge is 0.363 e. The highest BCUT2D eigenvalue weighted by Crippen LogP contribution is 2.49. The van der Waals surface area contributed by atoms with Crippen molar-refractivity contribution in [3.05, 3.63) is 54.0 Å². The van der Waals surface area contributed by atoms with Crippen molar-refractivity contribution in [2.24, 2.45) is 11.8 Å². The standard InChI is InChI=1S/C20H22FN3O/c1-12-19(23-18-10-9-15(21)11-22-18)16-5-3-4-6-17(16)24(13(2)25)20(12)14-7-8-14/h3-6,9-12,14,19-20H,7-8H2,1-2H3,(H,22,23)/t12-,19?,20-/m1/s1. The summed E-state index contributed by atoms with van der Waals surface area (Å²) < 4.78 is 13.2. The summed E-state index contributed by atoms with van der Waals surface area (Å²) in [7, 11) is 0. The number of nitrogens with one attached hydrogen (secondary N) is 1. The van der Waals surface area contributed by atoms with E-state index in [0.717, 1.165) is 11.3 Å². The molecule has 1 saturated carbocycles. The van der Waals surface area contributed by atoms with Gasteiger partial charge in [-0.2, -0.15) is 0 Å². The first-order chi connectivity index (χ1) is 12.1. The predicted molar refractivity (Wildman–Crippen MR) is 95.8 cm³/mol. The number of halogens is 1. The van der Waals surface area contributed by atoms with Crippen LogP contribution in [0.25, 0.3) is 0 Å². The first kappa shape index (κ1) is 16.1. The monoisotopic (exact) mass is 339 g/mol. The van der Waals surface area contributed by atoms with Crippen LogP contribution in [-0.2, 0) is 4.79 Å². The molecule has 0 radical (unpaired) electrons. The fourth-order valence-electron chi connectivity index (χ4n) is 4.13. The molecule has 2 aliphatic rings. The van der Waals surface area contributed by atoms with Crippen molar-refractivity contribution in [2.45, 2.75) is 38.8 Å². The summed E-state index contributed by atoms with van der Waals surface area (Å²) in [5, 5.41) is 3.47.